The lowest BCUT2D eigenvalue weighted by Crippen LogP contribution is -2.52. The number of rotatable bonds is 4. The molecule has 25 heavy (non-hydrogen) atoms. The number of aryl methyl sites for hydroxylation is 1. The third-order valence-corrected chi connectivity index (χ3v) is 4.61. The second kappa shape index (κ2) is 6.79. The van der Waals surface area contributed by atoms with Crippen LogP contribution in [0, 0.1) is 6.92 Å². The van der Waals surface area contributed by atoms with E-state index in [1.165, 1.54) is 4.90 Å². The van der Waals surface area contributed by atoms with E-state index in [0.29, 0.717) is 28.9 Å². The molecule has 2 atom stereocenters. The topological polar surface area (TPSA) is 97.6 Å². The quantitative estimate of drug-likeness (QED) is 0.904. The smallest absolute Gasteiger partial charge is 0.328 e. The number of pyridine rings is 1. The summed E-state index contributed by atoms with van der Waals surface area (Å²) in [5.74, 6) is -1.39. The Labute approximate surface area is 145 Å². The van der Waals surface area contributed by atoms with Gasteiger partial charge in [-0.05, 0) is 26.3 Å². The molecule has 134 valence electrons. The summed E-state index contributed by atoms with van der Waals surface area (Å²) < 4.78 is 7.03. The first kappa shape index (κ1) is 17.3. The molecule has 1 fully saturated rings. The average molecular weight is 346 g/mol. The standard InChI is InChI=1S/C17H22N4O4/c1-4-11(3)21-15-13(8-18-21)12(7-10(2)19-15)16(22)20-5-6-25-9-14(20)17(23)24/h7-8,11,14H,4-6,9H2,1-3H3,(H,23,24). The first-order valence-corrected chi connectivity index (χ1v) is 8.40. The number of carbonyl (C=O) groups excluding carboxylic acids is 1. The van der Waals surface area contributed by atoms with Gasteiger partial charge in [0.25, 0.3) is 5.91 Å². The van der Waals surface area contributed by atoms with Gasteiger partial charge in [0.05, 0.1) is 36.4 Å². The molecule has 3 rings (SSSR count). The summed E-state index contributed by atoms with van der Waals surface area (Å²) in [5.41, 5.74) is 1.78. The zero-order valence-electron chi connectivity index (χ0n) is 14.6. The van der Waals surface area contributed by atoms with Gasteiger partial charge in [-0.15, -0.1) is 0 Å². The van der Waals surface area contributed by atoms with Crippen LogP contribution in [0.5, 0.6) is 0 Å². The Morgan fingerprint density at radius 3 is 2.92 bits per heavy atom. The van der Waals surface area contributed by atoms with E-state index < -0.39 is 12.0 Å². The molecular formula is C17H22N4O4. The van der Waals surface area contributed by atoms with Crippen molar-refractivity contribution in [2.45, 2.75) is 39.3 Å². The van der Waals surface area contributed by atoms with Crippen molar-refractivity contribution in [1.82, 2.24) is 19.7 Å². The van der Waals surface area contributed by atoms with E-state index in [1.807, 2.05) is 18.5 Å². The summed E-state index contributed by atoms with van der Waals surface area (Å²) in [4.78, 5) is 30.4. The van der Waals surface area contributed by atoms with Gasteiger partial charge in [-0.1, -0.05) is 6.92 Å². The van der Waals surface area contributed by atoms with Crippen LogP contribution >= 0.6 is 0 Å². The number of ether oxygens (including phenoxy) is 1. The van der Waals surface area contributed by atoms with Gasteiger partial charge in [-0.3, -0.25) is 4.79 Å². The van der Waals surface area contributed by atoms with Gasteiger partial charge in [0.2, 0.25) is 0 Å². The molecule has 1 amide bonds. The summed E-state index contributed by atoms with van der Waals surface area (Å²) in [7, 11) is 0. The predicted octanol–water partition coefficient (Wildman–Crippen LogP) is 1.64. The summed E-state index contributed by atoms with van der Waals surface area (Å²) >= 11 is 0. The number of hydrogen-bond acceptors (Lipinski definition) is 5. The molecule has 2 aromatic rings. The maximum atomic E-state index is 13.1. The van der Waals surface area contributed by atoms with Crippen molar-refractivity contribution >= 4 is 22.9 Å². The minimum Gasteiger partial charge on any atom is -0.480 e. The number of nitrogens with zero attached hydrogens (tertiary/aromatic N) is 4. The van der Waals surface area contributed by atoms with Crippen LogP contribution in [0.3, 0.4) is 0 Å². The number of amides is 1. The second-order valence-electron chi connectivity index (χ2n) is 6.32. The normalized spacial score (nSPS) is 19.2. The number of carbonyl (C=O) groups is 2. The Balaban J connectivity index is 2.07. The van der Waals surface area contributed by atoms with Gasteiger partial charge in [-0.2, -0.15) is 5.10 Å². The van der Waals surface area contributed by atoms with E-state index >= 15 is 0 Å². The molecule has 1 N–H and O–H groups in total. The Morgan fingerprint density at radius 1 is 1.48 bits per heavy atom. The van der Waals surface area contributed by atoms with Gasteiger partial charge in [0.15, 0.2) is 11.7 Å². The third-order valence-electron chi connectivity index (χ3n) is 4.61. The van der Waals surface area contributed by atoms with Crippen molar-refractivity contribution in [3.63, 3.8) is 0 Å². The highest BCUT2D eigenvalue weighted by Gasteiger charge is 2.34. The number of aromatic nitrogens is 3. The van der Waals surface area contributed by atoms with Crippen molar-refractivity contribution in [3.8, 4) is 0 Å². The first-order valence-electron chi connectivity index (χ1n) is 8.40. The number of hydrogen-bond donors (Lipinski definition) is 1. The number of carboxylic acids is 1. The number of carboxylic acid groups (broad SMARTS) is 1. The minimum absolute atomic E-state index is 0.000409. The SMILES string of the molecule is CCC(C)n1ncc2c(C(=O)N3CCOCC3C(=O)O)cc(C)nc21. The number of morpholine rings is 1. The highest BCUT2D eigenvalue weighted by Crippen LogP contribution is 2.24. The molecular weight excluding hydrogens is 324 g/mol. The molecule has 0 aliphatic carbocycles. The van der Waals surface area contributed by atoms with Crippen molar-refractivity contribution < 1.29 is 19.4 Å². The van der Waals surface area contributed by atoms with E-state index in [-0.39, 0.29) is 25.1 Å². The first-order chi connectivity index (χ1) is 11.9. The van der Waals surface area contributed by atoms with E-state index in [0.717, 1.165) is 6.42 Å². The highest BCUT2D eigenvalue weighted by atomic mass is 16.5. The van der Waals surface area contributed by atoms with Crippen LogP contribution in [-0.4, -0.2) is 62.4 Å². The van der Waals surface area contributed by atoms with Crippen LogP contribution in [0.25, 0.3) is 11.0 Å². The lowest BCUT2D eigenvalue weighted by molar-refractivity contribution is -0.147. The van der Waals surface area contributed by atoms with Crippen LogP contribution in [0.1, 0.15) is 42.4 Å². The fraction of sp³-hybridized carbons (Fsp3) is 0.529. The lowest BCUT2D eigenvalue weighted by Gasteiger charge is -2.33. The molecule has 1 aliphatic heterocycles. The van der Waals surface area contributed by atoms with E-state index in [2.05, 4.69) is 17.0 Å². The van der Waals surface area contributed by atoms with Crippen molar-refractivity contribution in [2.75, 3.05) is 19.8 Å². The minimum atomic E-state index is -1.06. The van der Waals surface area contributed by atoms with Crippen LogP contribution in [0.2, 0.25) is 0 Å². The van der Waals surface area contributed by atoms with E-state index in [4.69, 9.17) is 4.74 Å². The fourth-order valence-corrected chi connectivity index (χ4v) is 3.02. The molecule has 3 heterocycles. The maximum absolute atomic E-state index is 13.1. The van der Waals surface area contributed by atoms with E-state index in [9.17, 15) is 14.7 Å². The fourth-order valence-electron chi connectivity index (χ4n) is 3.02. The van der Waals surface area contributed by atoms with Gasteiger partial charge < -0.3 is 14.7 Å². The van der Waals surface area contributed by atoms with Crippen LogP contribution in [0.4, 0.5) is 0 Å². The predicted molar refractivity (Wildman–Crippen MR) is 90.5 cm³/mol. The lowest BCUT2D eigenvalue weighted by atomic mass is 10.1. The number of aliphatic carboxylic acids is 1. The Kier molecular flexibility index (Phi) is 4.71. The zero-order chi connectivity index (χ0) is 18.1. The van der Waals surface area contributed by atoms with Crippen molar-refractivity contribution in [1.29, 1.82) is 0 Å². The largest absolute Gasteiger partial charge is 0.480 e. The molecule has 0 saturated carbocycles. The summed E-state index contributed by atoms with van der Waals surface area (Å²) in [6.45, 7) is 6.50. The van der Waals surface area contributed by atoms with Crippen molar-refractivity contribution in [3.05, 3.63) is 23.5 Å². The zero-order valence-corrected chi connectivity index (χ0v) is 14.6. The van der Waals surface area contributed by atoms with Crippen LogP contribution in [0.15, 0.2) is 12.3 Å². The molecule has 8 heteroatoms. The summed E-state index contributed by atoms with van der Waals surface area (Å²) in [6, 6.07) is 0.876. The monoisotopic (exact) mass is 346 g/mol. The highest BCUT2D eigenvalue weighted by molar-refractivity contribution is 6.06. The van der Waals surface area contributed by atoms with Gasteiger partial charge in [-0.25, -0.2) is 14.5 Å². The molecule has 2 unspecified atom stereocenters. The average Bonchev–Trinajstić information content (AvgIpc) is 3.03. The maximum Gasteiger partial charge on any atom is 0.328 e. The third kappa shape index (κ3) is 3.09. The molecule has 2 aromatic heterocycles. The van der Waals surface area contributed by atoms with E-state index in [1.54, 1.807) is 12.3 Å². The van der Waals surface area contributed by atoms with Crippen LogP contribution < -0.4 is 0 Å². The second-order valence-corrected chi connectivity index (χ2v) is 6.32. The van der Waals surface area contributed by atoms with Gasteiger partial charge in [0.1, 0.15) is 0 Å². The molecule has 1 saturated heterocycles. The number of fused-ring (bicyclic) bond motifs is 1. The molecule has 8 nitrogen and oxygen atoms in total. The summed E-state index contributed by atoms with van der Waals surface area (Å²) in [5, 5.41) is 14.4. The molecule has 0 aromatic carbocycles. The molecule has 0 radical (unpaired) electrons. The molecule has 1 aliphatic rings. The molecule has 0 spiro atoms. The Hall–Kier alpha value is -2.48. The molecule has 0 bridgehead atoms. The Bertz CT molecular complexity index is 816. The summed E-state index contributed by atoms with van der Waals surface area (Å²) in [6.07, 6.45) is 2.53. The van der Waals surface area contributed by atoms with Crippen molar-refractivity contribution in [2.24, 2.45) is 0 Å². The van der Waals surface area contributed by atoms with Crippen LogP contribution in [-0.2, 0) is 9.53 Å². The van der Waals surface area contributed by atoms with Gasteiger partial charge >= 0.3 is 5.97 Å². The van der Waals surface area contributed by atoms with Gasteiger partial charge in [0, 0.05) is 12.2 Å². The Morgan fingerprint density at radius 2 is 2.24 bits per heavy atom.